The molecule has 0 radical (unpaired) electrons. The van der Waals surface area contributed by atoms with E-state index in [1.807, 2.05) is 0 Å². The van der Waals surface area contributed by atoms with Gasteiger partial charge in [-0.2, -0.15) is 0 Å². The van der Waals surface area contributed by atoms with Crippen molar-refractivity contribution in [2.75, 3.05) is 5.43 Å². The van der Waals surface area contributed by atoms with Crippen LogP contribution in [0.3, 0.4) is 0 Å². The van der Waals surface area contributed by atoms with E-state index in [4.69, 9.17) is 10.6 Å². The number of rotatable bonds is 4. The first-order chi connectivity index (χ1) is 9.11. The number of nitrogens with zero attached hydrogens (tertiary/aromatic N) is 3. The number of para-hydroxylation sites is 1. The lowest BCUT2D eigenvalue weighted by molar-refractivity contribution is -0.385. The van der Waals surface area contributed by atoms with E-state index >= 15 is 0 Å². The van der Waals surface area contributed by atoms with Gasteiger partial charge in [-0.05, 0) is 22.0 Å². The molecular weight excluding hydrogens is 318 g/mol. The number of benzene rings is 1. The van der Waals surface area contributed by atoms with E-state index in [1.54, 1.807) is 12.1 Å². The molecule has 8 nitrogen and oxygen atoms in total. The molecule has 0 unspecified atom stereocenters. The van der Waals surface area contributed by atoms with Gasteiger partial charge in [-0.25, -0.2) is 15.8 Å². The Morgan fingerprint density at radius 2 is 2.21 bits per heavy atom. The van der Waals surface area contributed by atoms with Crippen LogP contribution >= 0.6 is 15.9 Å². The first-order valence-electron chi connectivity index (χ1n) is 5.01. The van der Waals surface area contributed by atoms with Crippen LogP contribution in [0.25, 0.3) is 0 Å². The molecule has 9 heteroatoms. The summed E-state index contributed by atoms with van der Waals surface area (Å²) in [5.41, 5.74) is 2.16. The molecule has 0 spiro atoms. The van der Waals surface area contributed by atoms with E-state index in [0.717, 1.165) is 0 Å². The Kier molecular flexibility index (Phi) is 3.88. The molecule has 1 aromatic carbocycles. The number of halogens is 1. The second-order valence-corrected chi connectivity index (χ2v) is 4.19. The minimum absolute atomic E-state index is 0.0640. The molecule has 0 fully saturated rings. The number of nitro groups is 1. The summed E-state index contributed by atoms with van der Waals surface area (Å²) >= 11 is 3.20. The highest BCUT2D eigenvalue weighted by molar-refractivity contribution is 9.10. The number of nitrogens with one attached hydrogen (secondary N) is 1. The van der Waals surface area contributed by atoms with Gasteiger partial charge in [0, 0.05) is 12.1 Å². The summed E-state index contributed by atoms with van der Waals surface area (Å²) in [5.74, 6) is 5.74. The number of nitro benzene ring substituents is 1. The fourth-order valence-corrected chi connectivity index (χ4v) is 1.76. The van der Waals surface area contributed by atoms with Crippen LogP contribution in [0, 0.1) is 10.1 Å². The van der Waals surface area contributed by atoms with E-state index in [-0.39, 0.29) is 17.3 Å². The van der Waals surface area contributed by atoms with Crippen LogP contribution in [0.15, 0.2) is 35.1 Å². The number of hydrazine groups is 1. The van der Waals surface area contributed by atoms with Gasteiger partial charge >= 0.3 is 5.69 Å². The first-order valence-corrected chi connectivity index (χ1v) is 5.80. The summed E-state index contributed by atoms with van der Waals surface area (Å²) < 4.78 is 5.86. The van der Waals surface area contributed by atoms with Crippen molar-refractivity contribution in [1.29, 1.82) is 0 Å². The van der Waals surface area contributed by atoms with Gasteiger partial charge in [0.2, 0.25) is 11.6 Å². The fourth-order valence-electron chi connectivity index (χ4n) is 1.32. The van der Waals surface area contributed by atoms with Crippen LogP contribution in [-0.2, 0) is 0 Å². The van der Waals surface area contributed by atoms with Crippen molar-refractivity contribution in [3.8, 4) is 11.6 Å². The predicted octanol–water partition coefficient (Wildman–Crippen LogP) is 2.23. The molecule has 0 aliphatic heterocycles. The van der Waals surface area contributed by atoms with Crippen LogP contribution in [-0.4, -0.2) is 14.9 Å². The lowest BCUT2D eigenvalue weighted by Crippen LogP contribution is -2.08. The van der Waals surface area contributed by atoms with Crippen LogP contribution in [0.1, 0.15) is 0 Å². The van der Waals surface area contributed by atoms with E-state index in [1.165, 1.54) is 18.5 Å². The van der Waals surface area contributed by atoms with Crippen molar-refractivity contribution in [3.63, 3.8) is 0 Å². The third-order valence-electron chi connectivity index (χ3n) is 2.14. The largest absolute Gasteiger partial charge is 0.430 e. The molecule has 0 amide bonds. The minimum atomic E-state index is -0.538. The number of nitrogens with two attached hydrogens (primary N) is 1. The van der Waals surface area contributed by atoms with E-state index in [2.05, 4.69) is 31.3 Å². The van der Waals surface area contributed by atoms with Gasteiger partial charge in [-0.15, -0.1) is 0 Å². The summed E-state index contributed by atoms with van der Waals surface area (Å²) in [5, 5.41) is 10.9. The van der Waals surface area contributed by atoms with E-state index in [0.29, 0.717) is 10.3 Å². The molecule has 19 heavy (non-hydrogen) atoms. The molecule has 0 saturated heterocycles. The second kappa shape index (κ2) is 5.59. The molecule has 0 aliphatic carbocycles. The Morgan fingerprint density at radius 3 is 2.89 bits per heavy atom. The van der Waals surface area contributed by atoms with Crippen LogP contribution in [0.4, 0.5) is 11.5 Å². The SMILES string of the molecule is NNc1cc(Oc2c(Br)cccc2[N+](=O)[O-])ncn1. The number of ether oxygens (including phenoxy) is 1. The molecule has 2 aromatic rings. The minimum Gasteiger partial charge on any atom is -0.430 e. The Bertz CT molecular complexity index is 622. The molecule has 0 saturated carbocycles. The summed E-state index contributed by atoms with van der Waals surface area (Å²) in [4.78, 5) is 18.0. The molecule has 1 heterocycles. The zero-order valence-electron chi connectivity index (χ0n) is 9.41. The van der Waals surface area contributed by atoms with Gasteiger partial charge in [0.25, 0.3) is 0 Å². The highest BCUT2D eigenvalue weighted by atomic mass is 79.9. The average molecular weight is 326 g/mol. The van der Waals surface area contributed by atoms with Crippen LogP contribution in [0.2, 0.25) is 0 Å². The Balaban J connectivity index is 2.40. The summed E-state index contributed by atoms with van der Waals surface area (Å²) in [6.07, 6.45) is 1.23. The monoisotopic (exact) mass is 325 g/mol. The summed E-state index contributed by atoms with van der Waals surface area (Å²) in [7, 11) is 0. The van der Waals surface area contributed by atoms with Gasteiger partial charge in [0.15, 0.2) is 0 Å². The number of aromatic nitrogens is 2. The standard InChI is InChI=1S/C10H8BrN5O3/c11-6-2-1-3-7(16(17)18)10(6)19-9-4-8(15-12)13-5-14-9/h1-5H,12H2,(H,13,14,15). The predicted molar refractivity (Wildman–Crippen MR) is 70.7 cm³/mol. The fraction of sp³-hybridized carbons (Fsp3) is 0. The van der Waals surface area contributed by atoms with Crippen molar-refractivity contribution in [3.05, 3.63) is 45.2 Å². The highest BCUT2D eigenvalue weighted by Crippen LogP contribution is 2.37. The highest BCUT2D eigenvalue weighted by Gasteiger charge is 2.19. The smallest absolute Gasteiger partial charge is 0.312 e. The van der Waals surface area contributed by atoms with E-state index in [9.17, 15) is 10.1 Å². The topological polar surface area (TPSA) is 116 Å². The van der Waals surface area contributed by atoms with Crippen molar-refractivity contribution < 1.29 is 9.66 Å². The van der Waals surface area contributed by atoms with Gasteiger partial charge in [0.05, 0.1) is 9.40 Å². The molecular formula is C10H8BrN5O3. The lowest BCUT2D eigenvalue weighted by atomic mass is 10.3. The van der Waals surface area contributed by atoms with Gasteiger partial charge < -0.3 is 10.2 Å². The van der Waals surface area contributed by atoms with Gasteiger partial charge in [-0.3, -0.25) is 10.1 Å². The van der Waals surface area contributed by atoms with Crippen molar-refractivity contribution in [2.45, 2.75) is 0 Å². The third-order valence-corrected chi connectivity index (χ3v) is 2.76. The maximum absolute atomic E-state index is 10.9. The zero-order chi connectivity index (χ0) is 13.8. The van der Waals surface area contributed by atoms with Crippen molar-refractivity contribution >= 4 is 27.4 Å². The molecule has 2 rings (SSSR count). The Hall–Kier alpha value is -2.26. The maximum Gasteiger partial charge on any atom is 0.312 e. The van der Waals surface area contributed by atoms with E-state index < -0.39 is 4.92 Å². The molecule has 0 aliphatic rings. The third kappa shape index (κ3) is 2.95. The van der Waals surface area contributed by atoms with Crippen molar-refractivity contribution in [1.82, 2.24) is 9.97 Å². The average Bonchev–Trinajstić information content (AvgIpc) is 2.41. The quantitative estimate of drug-likeness (QED) is 0.502. The summed E-state index contributed by atoms with van der Waals surface area (Å²) in [6, 6.07) is 5.93. The molecule has 0 atom stereocenters. The van der Waals surface area contributed by atoms with Crippen molar-refractivity contribution in [2.24, 2.45) is 5.84 Å². The van der Waals surface area contributed by atoms with Crippen LogP contribution < -0.4 is 16.0 Å². The first kappa shape index (κ1) is 13.2. The number of anilines is 1. The zero-order valence-corrected chi connectivity index (χ0v) is 11.0. The molecule has 0 bridgehead atoms. The second-order valence-electron chi connectivity index (χ2n) is 3.33. The van der Waals surface area contributed by atoms with Crippen LogP contribution in [0.5, 0.6) is 11.6 Å². The maximum atomic E-state index is 10.9. The molecule has 98 valence electrons. The number of hydrogen-bond donors (Lipinski definition) is 2. The van der Waals surface area contributed by atoms with Gasteiger partial charge in [-0.1, -0.05) is 6.07 Å². The molecule has 3 N–H and O–H groups in total. The van der Waals surface area contributed by atoms with Gasteiger partial charge in [0.1, 0.15) is 12.1 Å². The normalized spacial score (nSPS) is 10.0. The molecule has 1 aromatic heterocycles. The number of nitrogen functional groups attached to an aromatic ring is 1. The lowest BCUT2D eigenvalue weighted by Gasteiger charge is -2.07. The Morgan fingerprint density at radius 1 is 1.42 bits per heavy atom. The Labute approximate surface area is 115 Å². The number of hydrogen-bond acceptors (Lipinski definition) is 7. The summed E-state index contributed by atoms with van der Waals surface area (Å²) in [6.45, 7) is 0.